The third-order valence-electron chi connectivity index (χ3n) is 1.91. The van der Waals surface area contributed by atoms with Gasteiger partial charge in [0.15, 0.2) is 4.90 Å². The van der Waals surface area contributed by atoms with E-state index in [1.165, 1.54) is 6.07 Å². The topological polar surface area (TPSA) is 64.3 Å². The van der Waals surface area contributed by atoms with Crippen molar-refractivity contribution >= 4 is 30.7 Å². The van der Waals surface area contributed by atoms with Gasteiger partial charge in [-0.2, -0.15) is 0 Å². The summed E-state index contributed by atoms with van der Waals surface area (Å²) in [5.41, 5.74) is -0.321. The van der Waals surface area contributed by atoms with Crippen LogP contribution in [-0.4, -0.2) is 8.42 Å². The van der Waals surface area contributed by atoms with Crippen LogP contribution in [0.5, 0.6) is 0 Å². The molecule has 0 aliphatic carbocycles. The van der Waals surface area contributed by atoms with Gasteiger partial charge < -0.3 is 4.42 Å². The second-order valence-corrected chi connectivity index (χ2v) is 5.40. The summed E-state index contributed by atoms with van der Waals surface area (Å²) in [6.45, 7) is 0. The Balaban J connectivity index is 2.95. The van der Waals surface area contributed by atoms with Crippen LogP contribution in [0.2, 0.25) is 0 Å². The minimum atomic E-state index is -4.06. The van der Waals surface area contributed by atoms with Gasteiger partial charge in [0.05, 0.1) is 5.39 Å². The van der Waals surface area contributed by atoms with Crippen LogP contribution < -0.4 is 5.43 Å². The highest BCUT2D eigenvalue weighted by atomic mass is 35.7. The van der Waals surface area contributed by atoms with E-state index in [1.54, 1.807) is 18.2 Å². The first-order valence-corrected chi connectivity index (χ1v) is 6.26. The summed E-state index contributed by atoms with van der Waals surface area (Å²) in [6.07, 6.45) is 0.854. The third-order valence-corrected chi connectivity index (χ3v) is 3.22. The SMILES string of the molecule is O=c1c(S(=O)(=O)Cl)coc2ccccc12. The Labute approximate surface area is 89.5 Å². The van der Waals surface area contributed by atoms with E-state index in [2.05, 4.69) is 0 Å². The van der Waals surface area contributed by atoms with Crippen molar-refractivity contribution in [2.75, 3.05) is 0 Å². The van der Waals surface area contributed by atoms with Gasteiger partial charge in [-0.05, 0) is 12.1 Å². The first-order chi connectivity index (χ1) is 7.00. The van der Waals surface area contributed by atoms with Crippen molar-refractivity contribution < 1.29 is 12.8 Å². The smallest absolute Gasteiger partial charge is 0.268 e. The molecule has 0 aliphatic rings. The largest absolute Gasteiger partial charge is 0.463 e. The summed E-state index contributed by atoms with van der Waals surface area (Å²) in [7, 11) is 1.02. The minimum absolute atomic E-state index is 0.194. The molecule has 1 aromatic heterocycles. The van der Waals surface area contributed by atoms with Crippen LogP contribution in [0.1, 0.15) is 0 Å². The highest BCUT2D eigenvalue weighted by Gasteiger charge is 2.17. The number of rotatable bonds is 1. The molecule has 0 bridgehead atoms. The van der Waals surface area contributed by atoms with Crippen LogP contribution in [0.25, 0.3) is 11.0 Å². The van der Waals surface area contributed by atoms with Crippen molar-refractivity contribution in [2.24, 2.45) is 0 Å². The molecule has 0 N–H and O–H groups in total. The Hall–Kier alpha value is -1.33. The molecule has 0 fully saturated rings. The molecule has 1 aromatic carbocycles. The first kappa shape index (κ1) is 10.2. The second-order valence-electron chi connectivity index (χ2n) is 2.86. The van der Waals surface area contributed by atoms with Crippen molar-refractivity contribution in [3.05, 3.63) is 40.8 Å². The zero-order chi connectivity index (χ0) is 11.1. The first-order valence-electron chi connectivity index (χ1n) is 3.95. The molecule has 0 saturated heterocycles. The lowest BCUT2D eigenvalue weighted by Gasteiger charge is -1.97. The molecule has 2 aromatic rings. The van der Waals surface area contributed by atoms with Crippen molar-refractivity contribution in [3.8, 4) is 0 Å². The van der Waals surface area contributed by atoms with E-state index in [9.17, 15) is 13.2 Å². The van der Waals surface area contributed by atoms with Gasteiger partial charge in [0, 0.05) is 10.7 Å². The van der Waals surface area contributed by atoms with Gasteiger partial charge in [-0.3, -0.25) is 4.79 Å². The predicted octanol–water partition coefficient (Wildman–Crippen LogP) is 1.72. The van der Waals surface area contributed by atoms with Gasteiger partial charge >= 0.3 is 0 Å². The monoisotopic (exact) mass is 244 g/mol. The summed E-state index contributed by atoms with van der Waals surface area (Å²) in [4.78, 5) is 11.1. The Kier molecular flexibility index (Phi) is 2.28. The van der Waals surface area contributed by atoms with E-state index >= 15 is 0 Å². The molecule has 2 rings (SSSR count). The number of fused-ring (bicyclic) bond motifs is 1. The van der Waals surface area contributed by atoms with E-state index in [-0.39, 0.29) is 5.39 Å². The summed E-state index contributed by atoms with van der Waals surface area (Å²) in [5, 5.41) is 0.194. The van der Waals surface area contributed by atoms with Crippen LogP contribution in [0.3, 0.4) is 0 Å². The van der Waals surface area contributed by atoms with Gasteiger partial charge in [0.2, 0.25) is 5.43 Å². The van der Waals surface area contributed by atoms with E-state index in [0.717, 1.165) is 6.26 Å². The Morgan fingerprint density at radius 1 is 1.20 bits per heavy atom. The normalized spacial score (nSPS) is 11.8. The lowest BCUT2D eigenvalue weighted by Crippen LogP contribution is -2.10. The number of hydrogen-bond donors (Lipinski definition) is 0. The average molecular weight is 245 g/mol. The van der Waals surface area contributed by atoms with Gasteiger partial charge in [0.1, 0.15) is 11.8 Å². The third kappa shape index (κ3) is 1.75. The van der Waals surface area contributed by atoms with E-state index in [4.69, 9.17) is 15.1 Å². The molecule has 0 saturated carbocycles. The Morgan fingerprint density at radius 3 is 2.53 bits per heavy atom. The Morgan fingerprint density at radius 2 is 1.87 bits per heavy atom. The zero-order valence-electron chi connectivity index (χ0n) is 7.31. The number of para-hydroxylation sites is 1. The van der Waals surface area contributed by atoms with Crippen molar-refractivity contribution in [1.29, 1.82) is 0 Å². The molecule has 0 spiro atoms. The van der Waals surface area contributed by atoms with E-state index in [0.29, 0.717) is 5.58 Å². The number of benzene rings is 1. The summed E-state index contributed by atoms with van der Waals surface area (Å²) in [6, 6.07) is 6.35. The molecule has 15 heavy (non-hydrogen) atoms. The highest BCUT2D eigenvalue weighted by Crippen LogP contribution is 2.15. The molecule has 0 radical (unpaired) electrons. The van der Waals surface area contributed by atoms with Gasteiger partial charge in [-0.25, -0.2) is 8.42 Å². The maximum atomic E-state index is 11.7. The maximum Gasteiger partial charge on any atom is 0.268 e. The van der Waals surface area contributed by atoms with Crippen LogP contribution in [0.4, 0.5) is 0 Å². The summed E-state index contributed by atoms with van der Waals surface area (Å²) >= 11 is 0. The van der Waals surface area contributed by atoms with Crippen molar-refractivity contribution in [3.63, 3.8) is 0 Å². The number of hydrogen-bond acceptors (Lipinski definition) is 4. The molecule has 0 atom stereocenters. The van der Waals surface area contributed by atoms with E-state index < -0.39 is 19.4 Å². The zero-order valence-corrected chi connectivity index (χ0v) is 8.88. The fourth-order valence-electron chi connectivity index (χ4n) is 1.23. The fraction of sp³-hybridized carbons (Fsp3) is 0. The fourth-order valence-corrected chi connectivity index (χ4v) is 2.04. The molecule has 4 nitrogen and oxygen atoms in total. The van der Waals surface area contributed by atoms with Crippen LogP contribution >= 0.6 is 10.7 Å². The molecule has 0 unspecified atom stereocenters. The van der Waals surface area contributed by atoms with Gasteiger partial charge in [-0.1, -0.05) is 12.1 Å². The predicted molar refractivity (Wildman–Crippen MR) is 55.5 cm³/mol. The summed E-state index contributed by atoms with van der Waals surface area (Å²) in [5.74, 6) is 0. The lowest BCUT2D eigenvalue weighted by atomic mass is 10.2. The quantitative estimate of drug-likeness (QED) is 0.717. The second kappa shape index (κ2) is 3.36. The van der Waals surface area contributed by atoms with Gasteiger partial charge in [-0.15, -0.1) is 0 Å². The Bertz CT molecular complexity index is 672. The molecule has 6 heteroatoms. The number of halogens is 1. The summed E-state index contributed by atoms with van der Waals surface area (Å²) < 4.78 is 27.0. The lowest BCUT2D eigenvalue weighted by molar-refractivity contribution is 0.572. The average Bonchev–Trinajstić information content (AvgIpc) is 2.16. The van der Waals surface area contributed by atoms with Crippen LogP contribution in [0, 0.1) is 0 Å². The molecule has 78 valence electrons. The standard InChI is InChI=1S/C9H5ClO4S/c10-15(12,13)8-5-14-7-4-2-1-3-6(7)9(8)11/h1-5H. The minimum Gasteiger partial charge on any atom is -0.463 e. The van der Waals surface area contributed by atoms with Crippen LogP contribution in [0.15, 0.2) is 44.6 Å². The molecule has 0 amide bonds. The molecule has 1 heterocycles. The molecular formula is C9H5ClO4S. The van der Waals surface area contributed by atoms with Crippen LogP contribution in [-0.2, 0) is 9.05 Å². The van der Waals surface area contributed by atoms with Gasteiger partial charge in [0.25, 0.3) is 9.05 Å². The highest BCUT2D eigenvalue weighted by molar-refractivity contribution is 8.13. The maximum absolute atomic E-state index is 11.7. The van der Waals surface area contributed by atoms with Crippen molar-refractivity contribution in [1.82, 2.24) is 0 Å². The van der Waals surface area contributed by atoms with Crippen molar-refractivity contribution in [2.45, 2.75) is 4.90 Å². The molecular weight excluding hydrogens is 240 g/mol. The molecule has 0 aliphatic heterocycles. The van der Waals surface area contributed by atoms with E-state index in [1.807, 2.05) is 0 Å².